The molecule has 0 aromatic carbocycles. The number of rotatable bonds is 3. The SMILES string of the molecule is O=C(NC1CCCCC1)N1CCc2c(sc3ncn(CC4CCCO4)c(=O)c23)C1. The molecule has 2 aromatic rings. The van der Waals surface area contributed by atoms with Gasteiger partial charge in [0.25, 0.3) is 5.56 Å². The van der Waals surface area contributed by atoms with Gasteiger partial charge in [0.1, 0.15) is 4.83 Å². The average molecular weight is 417 g/mol. The molecule has 1 unspecified atom stereocenters. The Bertz CT molecular complexity index is 957. The Morgan fingerprint density at radius 1 is 1.24 bits per heavy atom. The lowest BCUT2D eigenvalue weighted by Gasteiger charge is -2.30. The number of hydrogen-bond acceptors (Lipinski definition) is 5. The van der Waals surface area contributed by atoms with Crippen molar-refractivity contribution in [2.24, 2.45) is 0 Å². The van der Waals surface area contributed by atoms with Crippen molar-refractivity contribution < 1.29 is 9.53 Å². The van der Waals surface area contributed by atoms with Gasteiger partial charge in [0.15, 0.2) is 0 Å². The summed E-state index contributed by atoms with van der Waals surface area (Å²) in [4.78, 5) is 34.2. The van der Waals surface area contributed by atoms with Gasteiger partial charge in [0.2, 0.25) is 0 Å². The second-order valence-corrected chi connectivity index (χ2v) is 9.56. The third-order valence-corrected chi connectivity index (χ3v) is 7.60. The molecular formula is C21H28N4O3S. The van der Waals surface area contributed by atoms with E-state index in [-0.39, 0.29) is 17.7 Å². The molecule has 2 amide bonds. The molecule has 1 atom stereocenters. The van der Waals surface area contributed by atoms with Crippen molar-refractivity contribution >= 4 is 27.6 Å². The normalized spacial score (nSPS) is 22.8. The van der Waals surface area contributed by atoms with E-state index in [9.17, 15) is 9.59 Å². The van der Waals surface area contributed by atoms with E-state index in [1.807, 2.05) is 4.90 Å². The van der Waals surface area contributed by atoms with Crippen LogP contribution >= 0.6 is 11.3 Å². The molecule has 2 aliphatic heterocycles. The Hall–Kier alpha value is -1.93. The molecular weight excluding hydrogens is 388 g/mol. The highest BCUT2D eigenvalue weighted by Gasteiger charge is 2.28. The summed E-state index contributed by atoms with van der Waals surface area (Å²) in [6, 6.07) is 0.343. The van der Waals surface area contributed by atoms with Crippen molar-refractivity contribution in [3.05, 3.63) is 27.1 Å². The van der Waals surface area contributed by atoms with Crippen LogP contribution in [0.25, 0.3) is 10.2 Å². The van der Waals surface area contributed by atoms with Gasteiger partial charge in [-0.3, -0.25) is 9.36 Å². The molecule has 0 bridgehead atoms. The summed E-state index contributed by atoms with van der Waals surface area (Å²) in [5.41, 5.74) is 1.12. The number of carbonyl (C=O) groups is 1. The number of carbonyl (C=O) groups excluding carboxylic acids is 1. The van der Waals surface area contributed by atoms with Gasteiger partial charge in [-0.1, -0.05) is 19.3 Å². The lowest BCUT2D eigenvalue weighted by Crippen LogP contribution is -2.47. The summed E-state index contributed by atoms with van der Waals surface area (Å²) >= 11 is 1.56. The highest BCUT2D eigenvalue weighted by Crippen LogP contribution is 2.32. The summed E-state index contributed by atoms with van der Waals surface area (Å²) in [6.45, 7) is 2.57. The molecule has 1 saturated carbocycles. The average Bonchev–Trinajstić information content (AvgIpc) is 3.38. The predicted molar refractivity (Wildman–Crippen MR) is 112 cm³/mol. The molecule has 4 heterocycles. The van der Waals surface area contributed by atoms with Crippen LogP contribution in [0.4, 0.5) is 4.79 Å². The molecule has 5 rings (SSSR count). The molecule has 0 spiro atoms. The first-order valence-electron chi connectivity index (χ1n) is 10.9. The van der Waals surface area contributed by atoms with Crippen LogP contribution in [0.1, 0.15) is 55.4 Å². The Kier molecular flexibility index (Phi) is 5.30. The number of amides is 2. The first-order valence-corrected chi connectivity index (χ1v) is 11.7. The van der Waals surface area contributed by atoms with E-state index in [4.69, 9.17) is 4.74 Å². The molecule has 0 radical (unpaired) electrons. The van der Waals surface area contributed by atoms with Crippen molar-refractivity contribution in [2.75, 3.05) is 13.2 Å². The number of thiophene rings is 1. The van der Waals surface area contributed by atoms with Gasteiger partial charge >= 0.3 is 6.03 Å². The largest absolute Gasteiger partial charge is 0.376 e. The van der Waals surface area contributed by atoms with E-state index in [0.29, 0.717) is 32.1 Å². The fourth-order valence-corrected chi connectivity index (χ4v) is 6.04. The molecule has 1 saturated heterocycles. The number of fused-ring (bicyclic) bond motifs is 3. The fraction of sp³-hybridized carbons (Fsp3) is 0.667. The summed E-state index contributed by atoms with van der Waals surface area (Å²) in [6.07, 6.45) is 10.4. The number of ether oxygens (including phenoxy) is 1. The van der Waals surface area contributed by atoms with Crippen molar-refractivity contribution in [3.63, 3.8) is 0 Å². The van der Waals surface area contributed by atoms with Crippen molar-refractivity contribution in [1.29, 1.82) is 0 Å². The highest BCUT2D eigenvalue weighted by molar-refractivity contribution is 7.18. The van der Waals surface area contributed by atoms with Crippen LogP contribution in [0, 0.1) is 0 Å². The number of hydrogen-bond donors (Lipinski definition) is 1. The number of nitrogens with one attached hydrogen (secondary N) is 1. The quantitative estimate of drug-likeness (QED) is 0.834. The van der Waals surface area contributed by atoms with Crippen LogP contribution in [0.2, 0.25) is 0 Å². The fourth-order valence-electron chi connectivity index (χ4n) is 4.84. The maximum absolute atomic E-state index is 13.1. The van der Waals surface area contributed by atoms with Gasteiger partial charge in [-0.05, 0) is 37.7 Å². The Labute approximate surface area is 174 Å². The van der Waals surface area contributed by atoms with E-state index >= 15 is 0 Å². The molecule has 8 heteroatoms. The van der Waals surface area contributed by atoms with Crippen LogP contribution in [0.3, 0.4) is 0 Å². The van der Waals surface area contributed by atoms with Crippen LogP contribution in [-0.4, -0.2) is 45.8 Å². The van der Waals surface area contributed by atoms with E-state index < -0.39 is 0 Å². The van der Waals surface area contributed by atoms with E-state index in [2.05, 4.69) is 10.3 Å². The molecule has 1 N–H and O–H groups in total. The lowest BCUT2D eigenvalue weighted by molar-refractivity contribution is 0.0960. The second kappa shape index (κ2) is 8.07. The van der Waals surface area contributed by atoms with E-state index in [1.165, 1.54) is 19.3 Å². The third-order valence-electron chi connectivity index (χ3n) is 6.47. The minimum atomic E-state index is 0.0307. The number of aromatic nitrogens is 2. The zero-order chi connectivity index (χ0) is 19.8. The van der Waals surface area contributed by atoms with Crippen molar-refractivity contribution in [1.82, 2.24) is 19.8 Å². The van der Waals surface area contributed by atoms with Crippen LogP contribution < -0.4 is 10.9 Å². The van der Waals surface area contributed by atoms with Gasteiger partial charge in [0.05, 0.1) is 30.9 Å². The first kappa shape index (κ1) is 19.1. The molecule has 2 aromatic heterocycles. The minimum Gasteiger partial charge on any atom is -0.376 e. The van der Waals surface area contributed by atoms with E-state index in [0.717, 1.165) is 52.9 Å². The minimum absolute atomic E-state index is 0.0307. The van der Waals surface area contributed by atoms with Gasteiger partial charge in [-0.15, -0.1) is 11.3 Å². The summed E-state index contributed by atoms with van der Waals surface area (Å²) in [7, 11) is 0. The highest BCUT2D eigenvalue weighted by atomic mass is 32.1. The zero-order valence-corrected chi connectivity index (χ0v) is 17.5. The van der Waals surface area contributed by atoms with Gasteiger partial charge in [-0.2, -0.15) is 0 Å². The van der Waals surface area contributed by atoms with Crippen LogP contribution in [0.5, 0.6) is 0 Å². The molecule has 7 nitrogen and oxygen atoms in total. The van der Waals surface area contributed by atoms with Crippen molar-refractivity contribution in [2.45, 2.75) is 76.6 Å². The van der Waals surface area contributed by atoms with Crippen molar-refractivity contribution in [3.8, 4) is 0 Å². The third kappa shape index (κ3) is 3.80. The van der Waals surface area contributed by atoms with Gasteiger partial charge in [-0.25, -0.2) is 9.78 Å². The summed E-state index contributed by atoms with van der Waals surface area (Å²) < 4.78 is 7.39. The maximum Gasteiger partial charge on any atom is 0.317 e. The molecule has 156 valence electrons. The number of urea groups is 1. The molecule has 1 aliphatic carbocycles. The Morgan fingerprint density at radius 3 is 2.90 bits per heavy atom. The zero-order valence-electron chi connectivity index (χ0n) is 16.7. The predicted octanol–water partition coefficient (Wildman–Crippen LogP) is 3.04. The Morgan fingerprint density at radius 2 is 2.10 bits per heavy atom. The molecule has 2 fully saturated rings. The maximum atomic E-state index is 13.1. The first-order chi connectivity index (χ1) is 14.2. The monoisotopic (exact) mass is 416 g/mol. The number of nitrogens with zero attached hydrogens (tertiary/aromatic N) is 3. The van der Waals surface area contributed by atoms with Crippen LogP contribution in [-0.2, 0) is 24.2 Å². The molecule has 3 aliphatic rings. The van der Waals surface area contributed by atoms with Gasteiger partial charge < -0.3 is 15.0 Å². The summed E-state index contributed by atoms with van der Waals surface area (Å²) in [5.74, 6) is 0. The van der Waals surface area contributed by atoms with Crippen LogP contribution in [0.15, 0.2) is 11.1 Å². The topological polar surface area (TPSA) is 76.5 Å². The van der Waals surface area contributed by atoms with E-state index in [1.54, 1.807) is 22.2 Å². The standard InChI is InChI=1S/C21H28N4O3S/c26-20-18-16-8-9-24(21(27)23-14-5-2-1-3-6-14)12-17(16)29-19(18)22-13-25(20)11-15-7-4-10-28-15/h13-15H,1-12H2,(H,23,27). The van der Waals surface area contributed by atoms with Gasteiger partial charge in [0, 0.05) is 24.1 Å². The summed E-state index contributed by atoms with van der Waals surface area (Å²) in [5, 5.41) is 3.96. The molecule has 29 heavy (non-hydrogen) atoms. The Balaban J connectivity index is 1.34. The smallest absolute Gasteiger partial charge is 0.317 e. The second-order valence-electron chi connectivity index (χ2n) is 8.48. The lowest BCUT2D eigenvalue weighted by atomic mass is 9.96.